The average molecular weight is 400 g/mol. The molecule has 0 unspecified atom stereocenters. The number of fused-ring (bicyclic) bond motifs is 1. The predicted octanol–water partition coefficient (Wildman–Crippen LogP) is 2.22. The van der Waals surface area contributed by atoms with Crippen LogP contribution >= 0.6 is 0 Å². The Morgan fingerprint density at radius 2 is 1.69 bits per heavy atom. The molecule has 1 aromatic rings. The van der Waals surface area contributed by atoms with E-state index < -0.39 is 0 Å². The van der Waals surface area contributed by atoms with Crippen LogP contribution in [0, 0.1) is 5.92 Å². The van der Waals surface area contributed by atoms with E-state index in [1.807, 2.05) is 0 Å². The van der Waals surface area contributed by atoms with Gasteiger partial charge in [0.2, 0.25) is 5.91 Å². The highest BCUT2D eigenvalue weighted by atomic mass is 16.3. The highest BCUT2D eigenvalue weighted by molar-refractivity contribution is 5.78. The monoisotopic (exact) mass is 399 g/mol. The predicted molar refractivity (Wildman–Crippen MR) is 116 cm³/mol. The smallest absolute Gasteiger partial charge is 0.224 e. The minimum atomic E-state index is 0.139. The van der Waals surface area contributed by atoms with Gasteiger partial charge in [-0.15, -0.1) is 0 Å². The second-order valence-corrected chi connectivity index (χ2v) is 9.15. The standard InChI is InChI=1S/C24H37N3O2/c28-15-4-3-11-25-24(29)21-8-5-12-27(18-21)22-9-13-26(14-10-22)23-16-19-6-1-2-7-20(19)17-23/h1-2,6-7,21-23,28H,3-5,8-18H2,(H,25,29)/t21-/m1/s1. The molecule has 160 valence electrons. The zero-order valence-electron chi connectivity index (χ0n) is 17.7. The first-order valence-corrected chi connectivity index (χ1v) is 11.7. The highest BCUT2D eigenvalue weighted by Gasteiger charge is 2.34. The number of amides is 1. The molecule has 1 amide bonds. The molecule has 2 fully saturated rings. The quantitative estimate of drug-likeness (QED) is 0.691. The molecule has 3 aliphatic rings. The Hall–Kier alpha value is -1.43. The Labute approximate surface area is 175 Å². The maximum Gasteiger partial charge on any atom is 0.224 e. The van der Waals surface area contributed by atoms with Crippen molar-refractivity contribution in [3.8, 4) is 0 Å². The van der Waals surface area contributed by atoms with Gasteiger partial charge in [-0.1, -0.05) is 24.3 Å². The van der Waals surface area contributed by atoms with Crippen molar-refractivity contribution in [1.82, 2.24) is 15.1 Å². The fraction of sp³-hybridized carbons (Fsp3) is 0.708. The number of rotatable bonds is 7. The van der Waals surface area contributed by atoms with Gasteiger partial charge in [-0.05, 0) is 82.1 Å². The zero-order valence-corrected chi connectivity index (χ0v) is 17.7. The zero-order chi connectivity index (χ0) is 20.1. The summed E-state index contributed by atoms with van der Waals surface area (Å²) in [6.45, 7) is 5.35. The molecule has 1 atom stereocenters. The van der Waals surface area contributed by atoms with Gasteiger partial charge in [0.05, 0.1) is 5.92 Å². The molecule has 0 radical (unpaired) electrons. The van der Waals surface area contributed by atoms with Crippen LogP contribution in [0.5, 0.6) is 0 Å². The summed E-state index contributed by atoms with van der Waals surface area (Å²) in [5.74, 6) is 0.356. The molecule has 2 aliphatic heterocycles. The molecule has 5 heteroatoms. The highest BCUT2D eigenvalue weighted by Crippen LogP contribution is 2.29. The molecule has 29 heavy (non-hydrogen) atoms. The molecule has 5 nitrogen and oxygen atoms in total. The van der Waals surface area contributed by atoms with E-state index in [4.69, 9.17) is 5.11 Å². The Morgan fingerprint density at radius 1 is 0.966 bits per heavy atom. The van der Waals surface area contributed by atoms with Crippen LogP contribution in [0.15, 0.2) is 24.3 Å². The molecule has 2 saturated heterocycles. The molecule has 0 aromatic heterocycles. The lowest BCUT2D eigenvalue weighted by Crippen LogP contribution is -2.52. The van der Waals surface area contributed by atoms with E-state index in [1.165, 1.54) is 38.8 Å². The van der Waals surface area contributed by atoms with Crippen molar-refractivity contribution in [3.63, 3.8) is 0 Å². The van der Waals surface area contributed by atoms with Crippen molar-refractivity contribution in [3.05, 3.63) is 35.4 Å². The number of likely N-dealkylation sites (tertiary alicyclic amines) is 2. The van der Waals surface area contributed by atoms with E-state index in [0.717, 1.165) is 38.8 Å². The van der Waals surface area contributed by atoms with Gasteiger partial charge in [0, 0.05) is 31.8 Å². The molecular formula is C24H37N3O2. The number of nitrogens with one attached hydrogen (secondary N) is 1. The van der Waals surface area contributed by atoms with E-state index in [-0.39, 0.29) is 18.4 Å². The average Bonchev–Trinajstić information content (AvgIpc) is 3.21. The summed E-state index contributed by atoms with van der Waals surface area (Å²) in [5.41, 5.74) is 3.09. The van der Waals surface area contributed by atoms with Crippen LogP contribution in [0.1, 0.15) is 49.7 Å². The SMILES string of the molecule is O=C(NCCCCO)[C@@H]1CCCN(C2CCN(C3Cc4ccccc4C3)CC2)C1. The molecule has 1 aliphatic carbocycles. The largest absolute Gasteiger partial charge is 0.396 e. The summed E-state index contributed by atoms with van der Waals surface area (Å²) < 4.78 is 0. The maximum absolute atomic E-state index is 12.5. The van der Waals surface area contributed by atoms with E-state index in [1.54, 1.807) is 11.1 Å². The second-order valence-electron chi connectivity index (χ2n) is 9.15. The number of carbonyl (C=O) groups excluding carboxylic acids is 1. The molecule has 0 spiro atoms. The first-order chi connectivity index (χ1) is 14.2. The van der Waals surface area contributed by atoms with Crippen LogP contribution < -0.4 is 5.32 Å². The van der Waals surface area contributed by atoms with E-state index in [2.05, 4.69) is 39.4 Å². The first-order valence-electron chi connectivity index (χ1n) is 11.7. The van der Waals surface area contributed by atoms with Gasteiger partial charge in [-0.25, -0.2) is 0 Å². The van der Waals surface area contributed by atoms with Crippen molar-refractivity contribution in [2.24, 2.45) is 5.92 Å². The van der Waals surface area contributed by atoms with Crippen LogP contribution in [0.3, 0.4) is 0 Å². The number of hydrogen-bond acceptors (Lipinski definition) is 4. The van der Waals surface area contributed by atoms with Crippen LogP contribution in [0.25, 0.3) is 0 Å². The molecule has 4 rings (SSSR count). The van der Waals surface area contributed by atoms with Gasteiger partial charge in [0.25, 0.3) is 0 Å². The van der Waals surface area contributed by atoms with Gasteiger partial charge >= 0.3 is 0 Å². The third-order valence-electron chi connectivity index (χ3n) is 7.27. The Morgan fingerprint density at radius 3 is 2.38 bits per heavy atom. The van der Waals surface area contributed by atoms with Crippen molar-refractivity contribution in [2.45, 2.75) is 63.5 Å². The Kier molecular flexibility index (Phi) is 7.22. The minimum absolute atomic E-state index is 0.139. The van der Waals surface area contributed by atoms with Crippen LogP contribution in [0.2, 0.25) is 0 Å². The number of aliphatic hydroxyl groups is 1. The molecular weight excluding hydrogens is 362 g/mol. The third kappa shape index (κ3) is 5.19. The fourth-order valence-electron chi connectivity index (χ4n) is 5.55. The number of piperidine rings is 2. The van der Waals surface area contributed by atoms with Crippen LogP contribution in [0.4, 0.5) is 0 Å². The lowest BCUT2D eigenvalue weighted by molar-refractivity contribution is -0.127. The summed E-state index contributed by atoms with van der Waals surface area (Å²) in [4.78, 5) is 17.8. The number of aliphatic hydroxyl groups excluding tert-OH is 1. The summed E-state index contributed by atoms with van der Waals surface area (Å²) in [7, 11) is 0. The van der Waals surface area contributed by atoms with Crippen LogP contribution in [-0.4, -0.2) is 72.2 Å². The Bertz CT molecular complexity index is 647. The van der Waals surface area contributed by atoms with Gasteiger partial charge in [-0.3, -0.25) is 14.6 Å². The number of nitrogens with zero attached hydrogens (tertiary/aromatic N) is 2. The molecule has 2 N–H and O–H groups in total. The topological polar surface area (TPSA) is 55.8 Å². The third-order valence-corrected chi connectivity index (χ3v) is 7.27. The van der Waals surface area contributed by atoms with Crippen molar-refractivity contribution < 1.29 is 9.90 Å². The molecule has 0 saturated carbocycles. The maximum atomic E-state index is 12.5. The van der Waals surface area contributed by atoms with Gasteiger partial charge < -0.3 is 10.4 Å². The minimum Gasteiger partial charge on any atom is -0.396 e. The summed E-state index contributed by atoms with van der Waals surface area (Å²) in [6.07, 6.45) is 8.67. The summed E-state index contributed by atoms with van der Waals surface area (Å²) >= 11 is 0. The number of hydrogen-bond donors (Lipinski definition) is 2. The van der Waals surface area contributed by atoms with Gasteiger partial charge in [0.15, 0.2) is 0 Å². The molecule has 2 heterocycles. The van der Waals surface area contributed by atoms with Crippen LogP contribution in [-0.2, 0) is 17.6 Å². The van der Waals surface area contributed by atoms with Crippen molar-refractivity contribution >= 4 is 5.91 Å². The van der Waals surface area contributed by atoms with E-state index in [9.17, 15) is 4.79 Å². The van der Waals surface area contributed by atoms with Gasteiger partial charge in [0.1, 0.15) is 0 Å². The number of unbranched alkanes of at least 4 members (excludes halogenated alkanes) is 1. The molecule has 1 aromatic carbocycles. The lowest BCUT2D eigenvalue weighted by atomic mass is 9.92. The summed E-state index contributed by atoms with van der Waals surface area (Å²) in [6, 6.07) is 10.3. The molecule has 0 bridgehead atoms. The van der Waals surface area contributed by atoms with Crippen molar-refractivity contribution in [2.75, 3.05) is 39.3 Å². The Balaban J connectivity index is 1.22. The summed E-state index contributed by atoms with van der Waals surface area (Å²) in [5, 5.41) is 11.9. The van der Waals surface area contributed by atoms with E-state index >= 15 is 0 Å². The van der Waals surface area contributed by atoms with Crippen molar-refractivity contribution in [1.29, 1.82) is 0 Å². The number of carbonyl (C=O) groups is 1. The second kappa shape index (κ2) is 10.1. The fourth-order valence-corrected chi connectivity index (χ4v) is 5.55. The lowest BCUT2D eigenvalue weighted by Gasteiger charge is -2.43. The van der Waals surface area contributed by atoms with E-state index in [0.29, 0.717) is 18.6 Å². The normalized spacial score (nSPS) is 24.5. The number of benzene rings is 1. The van der Waals surface area contributed by atoms with Gasteiger partial charge in [-0.2, -0.15) is 0 Å². The first kappa shape index (κ1) is 20.8.